The molecule has 0 saturated heterocycles. The molecule has 4 aromatic rings. The summed E-state index contributed by atoms with van der Waals surface area (Å²) in [6.45, 7) is 14.7. The van der Waals surface area contributed by atoms with Crippen molar-refractivity contribution in [3.63, 3.8) is 0 Å². The molecule has 3 heteroatoms. The minimum Gasteiger partial charge on any atom is -0.491 e. The van der Waals surface area contributed by atoms with Crippen LogP contribution in [-0.2, 0) is 13.0 Å². The SMILES string of the molecule is Cc1ccc(C(C)C)c(OCCn2c(C(C)c3ccc(CC(C)C)cc3)nc3ccccc32)c1. The highest BCUT2D eigenvalue weighted by Crippen LogP contribution is 2.30. The van der Waals surface area contributed by atoms with Crippen molar-refractivity contribution >= 4 is 11.0 Å². The Hall–Kier alpha value is -3.07. The molecule has 0 saturated carbocycles. The molecule has 1 atom stereocenters. The van der Waals surface area contributed by atoms with Crippen LogP contribution in [0.1, 0.15) is 74.5 Å². The molecule has 178 valence electrons. The molecular formula is C31H38N2O. The number of para-hydroxylation sites is 2. The second-order valence-corrected chi connectivity index (χ2v) is 10.2. The Balaban J connectivity index is 1.59. The molecule has 0 aliphatic heterocycles. The fraction of sp³-hybridized carbons (Fsp3) is 0.387. The summed E-state index contributed by atoms with van der Waals surface area (Å²) in [6, 6.07) is 24.0. The van der Waals surface area contributed by atoms with Crippen LogP contribution in [0.5, 0.6) is 5.75 Å². The number of rotatable bonds is 9. The fourth-order valence-corrected chi connectivity index (χ4v) is 4.71. The summed E-state index contributed by atoms with van der Waals surface area (Å²) in [4.78, 5) is 5.05. The lowest BCUT2D eigenvalue weighted by Gasteiger charge is -2.18. The highest BCUT2D eigenvalue weighted by molar-refractivity contribution is 5.76. The third kappa shape index (κ3) is 5.35. The molecule has 0 N–H and O–H groups in total. The van der Waals surface area contributed by atoms with Crippen molar-refractivity contribution in [3.8, 4) is 5.75 Å². The summed E-state index contributed by atoms with van der Waals surface area (Å²) in [7, 11) is 0. The van der Waals surface area contributed by atoms with Crippen LogP contribution in [0.25, 0.3) is 11.0 Å². The van der Waals surface area contributed by atoms with Crippen LogP contribution >= 0.6 is 0 Å². The lowest BCUT2D eigenvalue weighted by atomic mass is 9.96. The monoisotopic (exact) mass is 454 g/mol. The minimum absolute atomic E-state index is 0.200. The Morgan fingerprint density at radius 3 is 2.32 bits per heavy atom. The van der Waals surface area contributed by atoms with Gasteiger partial charge in [-0.15, -0.1) is 0 Å². The van der Waals surface area contributed by atoms with Gasteiger partial charge in [-0.25, -0.2) is 4.98 Å². The molecule has 0 fully saturated rings. The van der Waals surface area contributed by atoms with Crippen LogP contribution in [0, 0.1) is 12.8 Å². The Bertz CT molecular complexity index is 1230. The summed E-state index contributed by atoms with van der Waals surface area (Å²) < 4.78 is 8.69. The van der Waals surface area contributed by atoms with E-state index in [-0.39, 0.29) is 5.92 Å². The van der Waals surface area contributed by atoms with Crippen molar-refractivity contribution < 1.29 is 4.74 Å². The van der Waals surface area contributed by atoms with E-state index >= 15 is 0 Å². The first kappa shape index (κ1) is 24.1. The van der Waals surface area contributed by atoms with Crippen LogP contribution in [0.2, 0.25) is 0 Å². The van der Waals surface area contributed by atoms with Crippen molar-refractivity contribution in [3.05, 3.63) is 94.8 Å². The maximum Gasteiger partial charge on any atom is 0.123 e. The van der Waals surface area contributed by atoms with Crippen molar-refractivity contribution in [1.29, 1.82) is 0 Å². The highest BCUT2D eigenvalue weighted by Gasteiger charge is 2.19. The van der Waals surface area contributed by atoms with Crippen LogP contribution in [-0.4, -0.2) is 16.2 Å². The first-order valence-electron chi connectivity index (χ1n) is 12.6. The zero-order chi connectivity index (χ0) is 24.2. The standard InChI is InChI=1S/C31H38N2O/c1-21(2)19-25-12-14-26(15-13-25)24(6)31-32-28-9-7-8-10-29(28)33(31)17-18-34-30-20-23(5)11-16-27(30)22(3)4/h7-16,20-22,24H,17-19H2,1-6H3. The average molecular weight is 455 g/mol. The number of hydrogen-bond donors (Lipinski definition) is 0. The van der Waals surface area contributed by atoms with Gasteiger partial charge in [-0.05, 0) is 65.6 Å². The van der Waals surface area contributed by atoms with E-state index in [1.54, 1.807) is 0 Å². The maximum absolute atomic E-state index is 6.35. The molecular weight excluding hydrogens is 416 g/mol. The van der Waals surface area contributed by atoms with Gasteiger partial charge in [0.25, 0.3) is 0 Å². The molecule has 4 rings (SSSR count). The third-order valence-electron chi connectivity index (χ3n) is 6.56. The predicted molar refractivity (Wildman–Crippen MR) is 143 cm³/mol. The molecule has 0 aliphatic carbocycles. The van der Waals surface area contributed by atoms with E-state index in [1.165, 1.54) is 22.3 Å². The maximum atomic E-state index is 6.35. The molecule has 3 nitrogen and oxygen atoms in total. The summed E-state index contributed by atoms with van der Waals surface area (Å²) in [5.41, 5.74) is 7.38. The Kier molecular flexibility index (Phi) is 7.41. The lowest BCUT2D eigenvalue weighted by molar-refractivity contribution is 0.294. The van der Waals surface area contributed by atoms with E-state index in [0.717, 1.165) is 35.6 Å². The molecule has 0 spiro atoms. The number of nitrogens with zero attached hydrogens (tertiary/aromatic N) is 2. The lowest BCUT2D eigenvalue weighted by Crippen LogP contribution is -2.14. The van der Waals surface area contributed by atoms with Crippen LogP contribution in [0.4, 0.5) is 0 Å². The van der Waals surface area contributed by atoms with E-state index in [0.29, 0.717) is 18.4 Å². The Morgan fingerprint density at radius 1 is 0.882 bits per heavy atom. The average Bonchev–Trinajstić information content (AvgIpc) is 3.17. The Morgan fingerprint density at radius 2 is 1.62 bits per heavy atom. The molecule has 1 heterocycles. The Labute approximate surface area is 204 Å². The van der Waals surface area contributed by atoms with E-state index in [9.17, 15) is 0 Å². The van der Waals surface area contributed by atoms with Gasteiger partial charge in [0.15, 0.2) is 0 Å². The van der Waals surface area contributed by atoms with Crippen molar-refractivity contribution in [2.24, 2.45) is 5.92 Å². The number of imidazole rings is 1. The second-order valence-electron chi connectivity index (χ2n) is 10.2. The highest BCUT2D eigenvalue weighted by atomic mass is 16.5. The molecule has 34 heavy (non-hydrogen) atoms. The van der Waals surface area contributed by atoms with Gasteiger partial charge in [0.1, 0.15) is 18.2 Å². The molecule has 3 aromatic carbocycles. The van der Waals surface area contributed by atoms with Crippen LogP contribution in [0.15, 0.2) is 66.7 Å². The quantitative estimate of drug-likeness (QED) is 0.257. The first-order chi connectivity index (χ1) is 16.3. The predicted octanol–water partition coefficient (Wildman–Crippen LogP) is 7.90. The molecule has 1 aromatic heterocycles. The first-order valence-corrected chi connectivity index (χ1v) is 12.6. The van der Waals surface area contributed by atoms with Gasteiger partial charge in [-0.2, -0.15) is 0 Å². The van der Waals surface area contributed by atoms with E-state index in [2.05, 4.69) is 113 Å². The smallest absolute Gasteiger partial charge is 0.123 e. The van der Waals surface area contributed by atoms with Gasteiger partial charge in [0.05, 0.1) is 17.6 Å². The summed E-state index contributed by atoms with van der Waals surface area (Å²) in [5, 5.41) is 0. The van der Waals surface area contributed by atoms with Crippen LogP contribution in [0.3, 0.4) is 0 Å². The van der Waals surface area contributed by atoms with E-state index in [4.69, 9.17) is 9.72 Å². The number of aryl methyl sites for hydroxylation is 1. The number of fused-ring (bicyclic) bond motifs is 1. The molecule has 0 radical (unpaired) electrons. The minimum atomic E-state index is 0.200. The van der Waals surface area contributed by atoms with E-state index < -0.39 is 0 Å². The van der Waals surface area contributed by atoms with Crippen molar-refractivity contribution in [2.45, 2.75) is 66.3 Å². The molecule has 1 unspecified atom stereocenters. The number of aromatic nitrogens is 2. The fourth-order valence-electron chi connectivity index (χ4n) is 4.71. The second kappa shape index (κ2) is 10.5. The topological polar surface area (TPSA) is 27.1 Å². The molecule has 0 bridgehead atoms. The van der Waals surface area contributed by atoms with Gasteiger partial charge in [-0.3, -0.25) is 0 Å². The summed E-state index contributed by atoms with van der Waals surface area (Å²) in [5.74, 6) is 3.38. The zero-order valence-corrected chi connectivity index (χ0v) is 21.5. The summed E-state index contributed by atoms with van der Waals surface area (Å²) >= 11 is 0. The number of ether oxygens (including phenoxy) is 1. The largest absolute Gasteiger partial charge is 0.491 e. The van der Waals surface area contributed by atoms with Crippen molar-refractivity contribution in [2.75, 3.05) is 6.61 Å². The van der Waals surface area contributed by atoms with E-state index in [1.807, 2.05) is 0 Å². The summed E-state index contributed by atoms with van der Waals surface area (Å²) in [6.07, 6.45) is 1.11. The number of benzene rings is 3. The number of hydrogen-bond acceptors (Lipinski definition) is 2. The van der Waals surface area contributed by atoms with Gasteiger partial charge >= 0.3 is 0 Å². The van der Waals surface area contributed by atoms with Gasteiger partial charge < -0.3 is 9.30 Å². The van der Waals surface area contributed by atoms with Gasteiger partial charge in [0.2, 0.25) is 0 Å². The third-order valence-corrected chi connectivity index (χ3v) is 6.56. The normalized spacial score (nSPS) is 12.6. The molecule has 0 aliphatic rings. The van der Waals surface area contributed by atoms with Gasteiger partial charge in [-0.1, -0.05) is 83.1 Å². The zero-order valence-electron chi connectivity index (χ0n) is 21.5. The van der Waals surface area contributed by atoms with Gasteiger partial charge in [0, 0.05) is 5.92 Å². The molecule has 0 amide bonds. The van der Waals surface area contributed by atoms with Crippen molar-refractivity contribution in [1.82, 2.24) is 9.55 Å². The van der Waals surface area contributed by atoms with Crippen LogP contribution < -0.4 is 4.74 Å².